The van der Waals surface area contributed by atoms with E-state index in [4.69, 9.17) is 18.9 Å². The van der Waals surface area contributed by atoms with Crippen LogP contribution in [-0.2, 0) is 9.53 Å². The molecule has 2 heterocycles. The lowest BCUT2D eigenvalue weighted by molar-refractivity contribution is -0.139. The van der Waals surface area contributed by atoms with Crippen molar-refractivity contribution in [1.82, 2.24) is 4.57 Å². The second-order valence-electron chi connectivity index (χ2n) is 8.04. The highest BCUT2D eigenvalue weighted by atomic mass is 32.1. The summed E-state index contributed by atoms with van der Waals surface area (Å²) in [7, 11) is 4.60. The Kier molecular flexibility index (Phi) is 7.93. The number of allylic oxidation sites excluding steroid dienone is 2. The van der Waals surface area contributed by atoms with Crippen LogP contribution in [0.4, 0.5) is 0 Å². The molecule has 9 heteroatoms. The number of hydrogen-bond donors (Lipinski definition) is 0. The summed E-state index contributed by atoms with van der Waals surface area (Å²) in [5, 5.41) is 0. The van der Waals surface area contributed by atoms with E-state index in [0.717, 1.165) is 5.56 Å². The van der Waals surface area contributed by atoms with Crippen molar-refractivity contribution in [1.29, 1.82) is 0 Å². The van der Waals surface area contributed by atoms with E-state index < -0.39 is 12.0 Å². The third-order valence-corrected chi connectivity index (χ3v) is 6.83. The number of esters is 1. The molecule has 0 fully saturated rings. The predicted molar refractivity (Wildman–Crippen MR) is 143 cm³/mol. The molecule has 192 valence electrons. The van der Waals surface area contributed by atoms with Crippen LogP contribution in [0.15, 0.2) is 69.6 Å². The fourth-order valence-corrected chi connectivity index (χ4v) is 5.21. The Hall–Kier alpha value is -4.11. The topological polar surface area (TPSA) is 88.4 Å². The van der Waals surface area contributed by atoms with Crippen LogP contribution in [0, 0.1) is 0 Å². The van der Waals surface area contributed by atoms with E-state index in [1.165, 1.54) is 30.1 Å². The summed E-state index contributed by atoms with van der Waals surface area (Å²) in [5.74, 6) is 0.883. The van der Waals surface area contributed by atoms with Gasteiger partial charge in [-0.1, -0.05) is 53.8 Å². The zero-order chi connectivity index (χ0) is 26.5. The molecule has 0 saturated carbocycles. The maximum Gasteiger partial charge on any atom is 0.338 e. The largest absolute Gasteiger partial charge is 0.493 e. The van der Waals surface area contributed by atoms with Crippen molar-refractivity contribution in [2.45, 2.75) is 19.9 Å². The van der Waals surface area contributed by atoms with Crippen molar-refractivity contribution in [2.75, 3.05) is 27.9 Å². The van der Waals surface area contributed by atoms with Crippen molar-refractivity contribution in [3.63, 3.8) is 0 Å². The highest BCUT2D eigenvalue weighted by molar-refractivity contribution is 7.07. The zero-order valence-corrected chi connectivity index (χ0v) is 22.1. The van der Waals surface area contributed by atoms with Gasteiger partial charge >= 0.3 is 5.97 Å². The minimum Gasteiger partial charge on any atom is -0.493 e. The third kappa shape index (κ3) is 5.08. The molecule has 0 bridgehead atoms. The normalized spacial score (nSPS) is 15.4. The first-order valence-electron chi connectivity index (χ1n) is 11.6. The van der Waals surface area contributed by atoms with Gasteiger partial charge in [-0.2, -0.15) is 0 Å². The van der Waals surface area contributed by atoms with Gasteiger partial charge in [-0.15, -0.1) is 0 Å². The minimum atomic E-state index is -0.676. The van der Waals surface area contributed by atoms with E-state index in [-0.39, 0.29) is 12.2 Å². The summed E-state index contributed by atoms with van der Waals surface area (Å²) in [6.07, 6.45) is 5.45. The van der Waals surface area contributed by atoms with Gasteiger partial charge in [0.05, 0.1) is 49.8 Å². The summed E-state index contributed by atoms with van der Waals surface area (Å²) >= 11 is 1.24. The van der Waals surface area contributed by atoms with Crippen LogP contribution < -0.4 is 29.1 Å². The van der Waals surface area contributed by atoms with Gasteiger partial charge in [0.25, 0.3) is 5.56 Å². The van der Waals surface area contributed by atoms with E-state index in [0.29, 0.717) is 43.4 Å². The molecule has 1 aliphatic heterocycles. The van der Waals surface area contributed by atoms with E-state index in [2.05, 4.69) is 4.99 Å². The van der Waals surface area contributed by atoms with Crippen LogP contribution in [0.5, 0.6) is 17.2 Å². The number of hydrogen-bond acceptors (Lipinski definition) is 8. The molecule has 3 aromatic rings. The van der Waals surface area contributed by atoms with Crippen LogP contribution >= 0.6 is 11.3 Å². The van der Waals surface area contributed by atoms with Crippen molar-refractivity contribution in [2.24, 2.45) is 4.99 Å². The molecular weight excluding hydrogens is 492 g/mol. The Morgan fingerprint density at radius 2 is 1.78 bits per heavy atom. The van der Waals surface area contributed by atoms with Crippen LogP contribution in [0.1, 0.15) is 31.0 Å². The molecule has 8 nitrogen and oxygen atoms in total. The van der Waals surface area contributed by atoms with Gasteiger partial charge in [0, 0.05) is 5.56 Å². The number of fused-ring (bicyclic) bond motifs is 1. The molecule has 2 aromatic carbocycles. The number of methoxy groups -OCH3 is 3. The van der Waals surface area contributed by atoms with E-state index >= 15 is 0 Å². The van der Waals surface area contributed by atoms with Crippen molar-refractivity contribution in [3.8, 4) is 17.2 Å². The van der Waals surface area contributed by atoms with E-state index in [1.54, 1.807) is 39.2 Å². The van der Waals surface area contributed by atoms with Gasteiger partial charge in [0.1, 0.15) is 0 Å². The smallest absolute Gasteiger partial charge is 0.338 e. The maximum absolute atomic E-state index is 13.7. The molecule has 0 amide bonds. The summed E-state index contributed by atoms with van der Waals surface area (Å²) in [4.78, 5) is 31.7. The second-order valence-corrected chi connectivity index (χ2v) is 9.05. The lowest BCUT2D eigenvalue weighted by Crippen LogP contribution is -2.38. The monoisotopic (exact) mass is 520 g/mol. The van der Waals surface area contributed by atoms with E-state index in [1.807, 2.05) is 42.5 Å². The Balaban J connectivity index is 1.91. The van der Waals surface area contributed by atoms with Crippen LogP contribution in [0.2, 0.25) is 0 Å². The zero-order valence-electron chi connectivity index (χ0n) is 21.3. The molecular formula is C28H28N2O6S. The van der Waals surface area contributed by atoms with Crippen molar-refractivity contribution < 1.29 is 23.7 Å². The Bertz CT molecular complexity index is 1550. The van der Waals surface area contributed by atoms with Gasteiger partial charge in [0.2, 0.25) is 5.75 Å². The Morgan fingerprint density at radius 1 is 1.05 bits per heavy atom. The number of nitrogens with zero attached hydrogens (tertiary/aromatic N) is 2. The Morgan fingerprint density at radius 3 is 2.43 bits per heavy atom. The first-order valence-corrected chi connectivity index (χ1v) is 12.5. The van der Waals surface area contributed by atoms with Gasteiger partial charge in [0.15, 0.2) is 16.3 Å². The molecule has 1 unspecified atom stereocenters. The summed E-state index contributed by atoms with van der Waals surface area (Å²) in [5.41, 5.74) is 2.15. The van der Waals surface area contributed by atoms with Gasteiger partial charge in [-0.05, 0) is 37.6 Å². The fraction of sp³-hybridized carbons (Fsp3) is 0.250. The summed E-state index contributed by atoms with van der Waals surface area (Å²) < 4.78 is 23.7. The number of benzene rings is 2. The second kappa shape index (κ2) is 11.3. The molecule has 1 aliphatic rings. The van der Waals surface area contributed by atoms with Gasteiger partial charge in [-0.3, -0.25) is 9.36 Å². The number of ether oxygens (including phenoxy) is 4. The molecule has 1 aromatic heterocycles. The van der Waals surface area contributed by atoms with Crippen LogP contribution in [0.3, 0.4) is 0 Å². The van der Waals surface area contributed by atoms with Crippen molar-refractivity contribution >= 4 is 29.5 Å². The lowest BCUT2D eigenvalue weighted by Gasteiger charge is -2.21. The molecule has 0 spiro atoms. The minimum absolute atomic E-state index is 0.217. The standard InChI is InChI=1S/C28H28N2O6S/c1-6-36-27(32)23-17(2)29-28-30(20(23)14-12-18-10-8-7-9-11-18)26(31)22(37-28)16-19-13-15-21(33-3)25(35-5)24(19)34-4/h7-16,20H,6H2,1-5H3/b14-12+,22-16-. The lowest BCUT2D eigenvalue weighted by atomic mass is 10.0. The number of aromatic nitrogens is 1. The SMILES string of the molecule is CCOC(=O)C1=C(C)N=c2s/c(=C\c3ccc(OC)c(OC)c3OC)c(=O)n2C1/C=C/c1ccccc1. The maximum atomic E-state index is 13.7. The Labute approximate surface area is 218 Å². The van der Waals surface area contributed by atoms with Crippen LogP contribution in [0.25, 0.3) is 12.2 Å². The highest BCUT2D eigenvalue weighted by Gasteiger charge is 2.30. The summed E-state index contributed by atoms with van der Waals surface area (Å²) in [6, 6.07) is 12.5. The fourth-order valence-electron chi connectivity index (χ4n) is 4.16. The first-order chi connectivity index (χ1) is 17.9. The molecule has 0 aliphatic carbocycles. The summed E-state index contributed by atoms with van der Waals surface area (Å²) in [6.45, 7) is 3.71. The average molecular weight is 521 g/mol. The molecule has 37 heavy (non-hydrogen) atoms. The molecule has 0 N–H and O–H groups in total. The predicted octanol–water partition coefficient (Wildman–Crippen LogP) is 3.49. The van der Waals surface area contributed by atoms with E-state index in [9.17, 15) is 9.59 Å². The number of carbonyl (C=O) groups is 1. The average Bonchev–Trinajstić information content (AvgIpc) is 3.21. The number of carbonyl (C=O) groups excluding carboxylic acids is 1. The van der Waals surface area contributed by atoms with Gasteiger partial charge in [-0.25, -0.2) is 9.79 Å². The first kappa shape index (κ1) is 26.0. The molecule has 1 atom stereocenters. The number of thiazole rings is 1. The molecule has 0 radical (unpaired) electrons. The molecule has 4 rings (SSSR count). The highest BCUT2D eigenvalue weighted by Crippen LogP contribution is 2.40. The van der Waals surface area contributed by atoms with Crippen molar-refractivity contribution in [3.05, 3.63) is 90.6 Å². The number of rotatable bonds is 8. The van der Waals surface area contributed by atoms with Crippen LogP contribution in [-0.4, -0.2) is 38.5 Å². The quantitative estimate of drug-likeness (QED) is 0.423. The third-order valence-electron chi connectivity index (χ3n) is 5.85. The molecule has 0 saturated heterocycles. The van der Waals surface area contributed by atoms with Gasteiger partial charge < -0.3 is 18.9 Å².